The van der Waals surface area contributed by atoms with Crippen molar-refractivity contribution < 1.29 is 23.4 Å². The largest absolute Gasteiger partial charge is 0.460 e. The van der Waals surface area contributed by atoms with Gasteiger partial charge in [-0.25, -0.2) is 14.8 Å². The van der Waals surface area contributed by atoms with E-state index in [-0.39, 0.29) is 18.4 Å². The topological polar surface area (TPSA) is 114 Å². The zero-order chi connectivity index (χ0) is 21.9. The van der Waals surface area contributed by atoms with Crippen molar-refractivity contribution in [3.63, 3.8) is 0 Å². The summed E-state index contributed by atoms with van der Waals surface area (Å²) in [6.07, 6.45) is 9.13. The Labute approximate surface area is 184 Å². The van der Waals surface area contributed by atoms with Crippen LogP contribution in [0.4, 0.5) is 11.8 Å². The lowest BCUT2D eigenvalue weighted by atomic mass is 9.96. The highest BCUT2D eigenvalue weighted by molar-refractivity contribution is 5.86. The van der Waals surface area contributed by atoms with Crippen LogP contribution in [0.5, 0.6) is 11.5 Å². The molecule has 5 rings (SSSR count). The summed E-state index contributed by atoms with van der Waals surface area (Å²) < 4.78 is 24.1. The first kappa shape index (κ1) is 20.5. The van der Waals surface area contributed by atoms with Crippen LogP contribution in [-0.2, 0) is 9.47 Å². The van der Waals surface area contributed by atoms with Gasteiger partial charge in [0.05, 0.1) is 25.0 Å². The van der Waals surface area contributed by atoms with Gasteiger partial charge < -0.3 is 18.6 Å². The van der Waals surface area contributed by atoms with Gasteiger partial charge in [0.2, 0.25) is 5.76 Å². The van der Waals surface area contributed by atoms with E-state index in [1.54, 1.807) is 25.3 Å². The van der Waals surface area contributed by atoms with Crippen LogP contribution in [0.25, 0.3) is 0 Å². The molecule has 32 heavy (non-hydrogen) atoms. The van der Waals surface area contributed by atoms with Crippen LogP contribution in [-0.4, -0.2) is 45.5 Å². The molecular formula is C22H25N5O5. The molecule has 1 saturated carbocycles. The first-order chi connectivity index (χ1) is 15.7. The molecule has 1 N–H and O–H groups in total. The van der Waals surface area contributed by atoms with E-state index in [1.165, 1.54) is 6.20 Å². The van der Waals surface area contributed by atoms with Crippen molar-refractivity contribution in [1.82, 2.24) is 19.7 Å². The lowest BCUT2D eigenvalue weighted by Crippen LogP contribution is -2.15. The van der Waals surface area contributed by atoms with Gasteiger partial charge in [0.25, 0.3) is 0 Å². The number of anilines is 2. The van der Waals surface area contributed by atoms with Gasteiger partial charge in [-0.1, -0.05) is 0 Å². The van der Waals surface area contributed by atoms with Gasteiger partial charge in [0.15, 0.2) is 5.75 Å². The van der Waals surface area contributed by atoms with Gasteiger partial charge >= 0.3 is 12.0 Å². The van der Waals surface area contributed by atoms with Gasteiger partial charge in [-0.3, -0.25) is 10.00 Å². The van der Waals surface area contributed by atoms with Gasteiger partial charge in [-0.15, -0.1) is 0 Å². The van der Waals surface area contributed by atoms with E-state index in [1.807, 2.05) is 10.9 Å². The molecule has 10 nitrogen and oxygen atoms in total. The Morgan fingerprint density at radius 2 is 2.09 bits per heavy atom. The average Bonchev–Trinajstić information content (AvgIpc) is 3.41. The molecule has 168 valence electrons. The smallest absolute Gasteiger partial charge is 0.376 e. The fourth-order valence-electron chi connectivity index (χ4n) is 3.66. The molecule has 3 aromatic rings. The molecule has 0 unspecified atom stereocenters. The number of carbonyl (C=O) groups excluding carboxylic acids is 1. The summed E-state index contributed by atoms with van der Waals surface area (Å²) in [6, 6.07) is 4.14. The van der Waals surface area contributed by atoms with Crippen LogP contribution in [0.3, 0.4) is 0 Å². The van der Waals surface area contributed by atoms with Crippen molar-refractivity contribution in [2.45, 2.75) is 44.6 Å². The van der Waals surface area contributed by atoms with Crippen molar-refractivity contribution in [3.05, 3.63) is 42.2 Å². The maximum absolute atomic E-state index is 11.7. The second kappa shape index (κ2) is 8.99. The predicted molar refractivity (Wildman–Crippen MR) is 113 cm³/mol. The minimum Gasteiger partial charge on any atom is -0.460 e. The molecule has 0 radical (unpaired) electrons. The Balaban J connectivity index is 1.32. The highest BCUT2D eigenvalue weighted by Gasteiger charge is 2.29. The maximum Gasteiger partial charge on any atom is 0.376 e. The summed E-state index contributed by atoms with van der Waals surface area (Å²) in [7, 11) is 0. The number of carbonyl (C=O) groups is 1. The standard InChI is InChI=1S/C22H25N5O5/c1-2-30-21(28)17-12-24-22(32-17)25-19-11-16(5-8-23-19)31-18-13-27(15-3-4-15)26-20(18)14-6-9-29-10-7-14/h5,8,11-15H,2-4,6-7,9-10H2,1H3,(H,23,24,25). The lowest BCUT2D eigenvalue weighted by Gasteiger charge is -2.21. The molecule has 1 saturated heterocycles. The fraction of sp³-hybridized carbons (Fsp3) is 0.455. The number of rotatable bonds is 8. The van der Waals surface area contributed by atoms with Crippen molar-refractivity contribution in [2.75, 3.05) is 25.1 Å². The SMILES string of the molecule is CCOC(=O)c1cnc(Nc2cc(Oc3cn(C4CC4)nc3C3CCOCC3)ccn2)o1. The number of esters is 1. The third-order valence-electron chi connectivity index (χ3n) is 5.43. The Bertz CT molecular complexity index is 1080. The monoisotopic (exact) mass is 439 g/mol. The van der Waals surface area contributed by atoms with Gasteiger partial charge in [0.1, 0.15) is 17.3 Å². The zero-order valence-corrected chi connectivity index (χ0v) is 17.8. The van der Waals surface area contributed by atoms with Crippen molar-refractivity contribution in [1.29, 1.82) is 0 Å². The average molecular weight is 439 g/mol. The number of pyridine rings is 1. The van der Waals surface area contributed by atoms with Crippen molar-refractivity contribution in [2.24, 2.45) is 0 Å². The second-order valence-electron chi connectivity index (χ2n) is 7.83. The molecule has 0 aromatic carbocycles. The second-order valence-corrected chi connectivity index (χ2v) is 7.83. The fourth-order valence-corrected chi connectivity index (χ4v) is 3.66. The number of ether oxygens (including phenoxy) is 3. The lowest BCUT2D eigenvalue weighted by molar-refractivity contribution is 0.0491. The Morgan fingerprint density at radius 3 is 2.88 bits per heavy atom. The first-order valence-electron chi connectivity index (χ1n) is 10.9. The van der Waals surface area contributed by atoms with Gasteiger partial charge in [-0.05, 0) is 38.7 Å². The molecule has 3 aromatic heterocycles. The predicted octanol–water partition coefficient (Wildman–Crippen LogP) is 4.21. The summed E-state index contributed by atoms with van der Waals surface area (Å²) in [5.74, 6) is 1.64. The first-order valence-corrected chi connectivity index (χ1v) is 10.9. The van der Waals surface area contributed by atoms with Crippen LogP contribution in [0.2, 0.25) is 0 Å². The summed E-state index contributed by atoms with van der Waals surface area (Å²) in [4.78, 5) is 20.1. The Kier molecular flexibility index (Phi) is 5.76. The number of hydrogen-bond donors (Lipinski definition) is 1. The van der Waals surface area contributed by atoms with Crippen LogP contribution in [0, 0.1) is 0 Å². The molecule has 0 amide bonds. The Morgan fingerprint density at radius 1 is 1.25 bits per heavy atom. The molecule has 2 aliphatic rings. The summed E-state index contributed by atoms with van der Waals surface area (Å²) in [5.41, 5.74) is 0.985. The normalized spacial score (nSPS) is 16.7. The van der Waals surface area contributed by atoms with E-state index >= 15 is 0 Å². The van der Waals surface area contributed by atoms with E-state index in [9.17, 15) is 4.79 Å². The van der Waals surface area contributed by atoms with Crippen LogP contribution >= 0.6 is 0 Å². The maximum atomic E-state index is 11.7. The van der Waals surface area contributed by atoms with Crippen molar-refractivity contribution in [3.8, 4) is 11.5 Å². The summed E-state index contributed by atoms with van der Waals surface area (Å²) in [6.45, 7) is 3.47. The molecular weight excluding hydrogens is 414 g/mol. The molecule has 2 fully saturated rings. The third-order valence-corrected chi connectivity index (χ3v) is 5.43. The highest BCUT2D eigenvalue weighted by Crippen LogP contribution is 2.40. The van der Waals surface area contributed by atoms with Gasteiger partial charge in [0, 0.05) is 31.4 Å². The molecule has 0 bridgehead atoms. The molecule has 1 aliphatic heterocycles. The quantitative estimate of drug-likeness (QED) is 0.516. The van der Waals surface area contributed by atoms with Crippen LogP contribution in [0.1, 0.15) is 60.8 Å². The number of oxazole rings is 1. The molecule has 1 aliphatic carbocycles. The van der Waals surface area contributed by atoms with E-state index < -0.39 is 5.97 Å². The summed E-state index contributed by atoms with van der Waals surface area (Å²) in [5, 5.41) is 7.80. The van der Waals surface area contributed by atoms with Crippen LogP contribution in [0.15, 0.2) is 35.1 Å². The summed E-state index contributed by atoms with van der Waals surface area (Å²) >= 11 is 0. The number of aromatic nitrogens is 4. The Hall–Kier alpha value is -3.40. The third kappa shape index (κ3) is 4.59. The molecule has 4 heterocycles. The number of hydrogen-bond acceptors (Lipinski definition) is 9. The number of nitrogens with zero attached hydrogens (tertiary/aromatic N) is 4. The molecule has 0 atom stereocenters. The van der Waals surface area contributed by atoms with E-state index in [0.29, 0.717) is 23.5 Å². The zero-order valence-electron chi connectivity index (χ0n) is 17.8. The minimum atomic E-state index is -0.564. The van der Waals surface area contributed by atoms with Crippen molar-refractivity contribution >= 4 is 17.8 Å². The van der Waals surface area contributed by atoms with E-state index in [4.69, 9.17) is 23.7 Å². The number of nitrogens with one attached hydrogen (secondary N) is 1. The molecule has 0 spiro atoms. The van der Waals surface area contributed by atoms with Gasteiger partial charge in [-0.2, -0.15) is 5.10 Å². The highest BCUT2D eigenvalue weighted by atomic mass is 16.5. The van der Waals surface area contributed by atoms with Crippen LogP contribution < -0.4 is 10.1 Å². The minimum absolute atomic E-state index is 0.0235. The van der Waals surface area contributed by atoms with E-state index in [0.717, 1.165) is 50.3 Å². The molecule has 10 heteroatoms. The van der Waals surface area contributed by atoms with E-state index in [2.05, 4.69) is 15.3 Å².